The number of hydrogen-bond acceptors (Lipinski definition) is 8. The molecule has 3 heterocycles. The van der Waals surface area contributed by atoms with E-state index in [-0.39, 0.29) is 29.3 Å². The third-order valence-corrected chi connectivity index (χ3v) is 6.14. The normalized spacial score (nSPS) is 18.1. The summed E-state index contributed by atoms with van der Waals surface area (Å²) in [7, 11) is 0. The van der Waals surface area contributed by atoms with Gasteiger partial charge >= 0.3 is 0 Å². The summed E-state index contributed by atoms with van der Waals surface area (Å²) in [5.41, 5.74) is 1.75. The Morgan fingerprint density at radius 1 is 0.719 bits per heavy atom. The maximum atomic E-state index is 13.3. The summed E-state index contributed by atoms with van der Waals surface area (Å²) >= 11 is 0. The maximum absolute atomic E-state index is 13.3. The molecule has 5 rings (SSSR count). The van der Waals surface area contributed by atoms with Crippen LogP contribution < -0.4 is 5.43 Å². The monoisotopic (exact) mass is 462 g/mol. The van der Waals surface area contributed by atoms with Crippen LogP contribution in [0.25, 0.3) is 21.9 Å². The fourth-order valence-electron chi connectivity index (χ4n) is 4.34. The summed E-state index contributed by atoms with van der Waals surface area (Å²) in [5, 5.41) is 22.0. The van der Waals surface area contributed by atoms with Crippen LogP contribution in [0.4, 0.5) is 0 Å². The Labute approximate surface area is 191 Å². The van der Waals surface area contributed by atoms with Crippen LogP contribution >= 0.6 is 12.4 Å². The number of nitrogens with zero attached hydrogens (tertiary/aromatic N) is 2. The van der Waals surface area contributed by atoms with Gasteiger partial charge in [-0.2, -0.15) is 0 Å². The first-order chi connectivity index (χ1) is 15.1. The van der Waals surface area contributed by atoms with E-state index < -0.39 is 0 Å². The lowest BCUT2D eigenvalue weighted by molar-refractivity contribution is 0.0338. The molecule has 0 saturated carbocycles. The zero-order valence-corrected chi connectivity index (χ0v) is 18.5. The molecule has 2 N–H and O–H groups in total. The van der Waals surface area contributed by atoms with E-state index in [1.807, 2.05) is 0 Å². The summed E-state index contributed by atoms with van der Waals surface area (Å²) < 4.78 is 17.1. The number of phenols is 2. The molecule has 0 radical (unpaired) electrons. The zero-order valence-electron chi connectivity index (χ0n) is 17.7. The van der Waals surface area contributed by atoms with Crippen molar-refractivity contribution in [1.29, 1.82) is 0 Å². The van der Waals surface area contributed by atoms with Crippen molar-refractivity contribution in [3.05, 3.63) is 45.6 Å². The van der Waals surface area contributed by atoms with Crippen molar-refractivity contribution in [3.63, 3.8) is 0 Å². The molecular formula is C23H27ClN2O6. The van der Waals surface area contributed by atoms with Crippen molar-refractivity contribution in [2.24, 2.45) is 0 Å². The minimum absolute atomic E-state index is 0. The Morgan fingerprint density at radius 3 is 1.53 bits per heavy atom. The Hall–Kier alpha value is -2.36. The quantitative estimate of drug-likeness (QED) is 0.571. The molecular weight excluding hydrogens is 436 g/mol. The minimum atomic E-state index is -0.164. The Balaban J connectivity index is 0.00000245. The van der Waals surface area contributed by atoms with Gasteiger partial charge in [-0.25, -0.2) is 0 Å². The molecule has 32 heavy (non-hydrogen) atoms. The second kappa shape index (κ2) is 9.64. The molecule has 2 aliphatic heterocycles. The van der Waals surface area contributed by atoms with Crippen molar-refractivity contribution < 1.29 is 24.1 Å². The number of halogens is 1. The smallest absolute Gasteiger partial charge is 0.200 e. The fraction of sp³-hybridized carbons (Fsp3) is 0.435. The van der Waals surface area contributed by atoms with E-state index >= 15 is 0 Å². The Kier molecular flexibility index (Phi) is 6.88. The van der Waals surface area contributed by atoms with E-state index in [4.69, 9.17) is 13.9 Å². The van der Waals surface area contributed by atoms with Crippen molar-refractivity contribution in [2.45, 2.75) is 13.1 Å². The number of morpholine rings is 2. The van der Waals surface area contributed by atoms with Gasteiger partial charge in [0.15, 0.2) is 0 Å². The van der Waals surface area contributed by atoms with Crippen molar-refractivity contribution in [2.75, 3.05) is 52.6 Å². The van der Waals surface area contributed by atoms with Crippen LogP contribution in [0, 0.1) is 0 Å². The first kappa shape index (κ1) is 22.8. The average Bonchev–Trinajstić information content (AvgIpc) is 2.79. The van der Waals surface area contributed by atoms with E-state index in [1.165, 1.54) is 0 Å². The van der Waals surface area contributed by atoms with Crippen LogP contribution in [0.3, 0.4) is 0 Å². The average molecular weight is 463 g/mol. The van der Waals surface area contributed by atoms with Gasteiger partial charge in [0.25, 0.3) is 0 Å². The van der Waals surface area contributed by atoms with Crippen LogP contribution in [-0.4, -0.2) is 72.6 Å². The van der Waals surface area contributed by atoms with Gasteiger partial charge in [-0.05, 0) is 24.3 Å². The summed E-state index contributed by atoms with van der Waals surface area (Å²) in [6.45, 7) is 6.44. The molecule has 0 spiro atoms. The molecule has 1 aromatic heterocycles. The summed E-state index contributed by atoms with van der Waals surface area (Å²) in [5.74, 6) is 0.188. The number of fused-ring (bicyclic) bond motifs is 2. The van der Waals surface area contributed by atoms with Gasteiger partial charge in [-0.1, -0.05) is 0 Å². The zero-order chi connectivity index (χ0) is 21.4. The second-order valence-electron chi connectivity index (χ2n) is 8.09. The lowest BCUT2D eigenvalue weighted by Gasteiger charge is -2.27. The van der Waals surface area contributed by atoms with E-state index in [0.29, 0.717) is 72.6 Å². The molecule has 2 aliphatic rings. The topological polar surface area (TPSA) is 95.6 Å². The molecule has 0 unspecified atom stereocenters. The number of rotatable bonds is 4. The van der Waals surface area contributed by atoms with Crippen LogP contribution in [0.1, 0.15) is 11.1 Å². The lowest BCUT2D eigenvalue weighted by Crippen LogP contribution is -2.35. The number of phenolic OH excluding ortho intramolecular Hbond substituents is 2. The largest absolute Gasteiger partial charge is 0.507 e. The highest BCUT2D eigenvalue weighted by atomic mass is 35.5. The van der Waals surface area contributed by atoms with Gasteiger partial charge in [0.2, 0.25) is 5.43 Å². The summed E-state index contributed by atoms with van der Waals surface area (Å²) in [4.78, 5) is 17.6. The van der Waals surface area contributed by atoms with E-state index in [0.717, 1.165) is 26.2 Å². The van der Waals surface area contributed by atoms with Gasteiger partial charge in [0, 0.05) is 39.3 Å². The highest BCUT2D eigenvalue weighted by molar-refractivity contribution is 5.94. The van der Waals surface area contributed by atoms with Gasteiger partial charge in [0.05, 0.1) is 48.3 Å². The molecule has 0 amide bonds. The van der Waals surface area contributed by atoms with Gasteiger partial charge in [0.1, 0.15) is 22.7 Å². The van der Waals surface area contributed by atoms with Gasteiger partial charge in [-0.3, -0.25) is 14.6 Å². The van der Waals surface area contributed by atoms with Crippen LogP contribution in [-0.2, 0) is 22.6 Å². The Bertz CT molecular complexity index is 1080. The van der Waals surface area contributed by atoms with Crippen LogP contribution in [0.5, 0.6) is 11.5 Å². The molecule has 172 valence electrons. The highest BCUT2D eigenvalue weighted by Crippen LogP contribution is 2.33. The standard InChI is InChI=1S/C23H26N2O6.ClH/c26-19-3-1-15-21(28)16-2-4-20(27)18(14-25-7-11-30-12-8-25)23(16)31-22(15)17(19)13-24-5-9-29-10-6-24;/h1-4,26-27H,5-14H2;1H. The Morgan fingerprint density at radius 2 is 1.12 bits per heavy atom. The van der Waals surface area contributed by atoms with E-state index in [1.54, 1.807) is 24.3 Å². The third-order valence-electron chi connectivity index (χ3n) is 6.14. The van der Waals surface area contributed by atoms with Crippen LogP contribution in [0.15, 0.2) is 33.5 Å². The van der Waals surface area contributed by atoms with E-state index in [9.17, 15) is 15.0 Å². The summed E-state index contributed by atoms with van der Waals surface area (Å²) in [6, 6.07) is 6.31. The molecule has 2 saturated heterocycles. The molecule has 3 aromatic rings. The van der Waals surface area contributed by atoms with Crippen LogP contribution in [0.2, 0.25) is 0 Å². The molecule has 0 bridgehead atoms. The lowest BCUT2D eigenvalue weighted by atomic mass is 10.0. The first-order valence-electron chi connectivity index (χ1n) is 10.6. The number of hydrogen-bond donors (Lipinski definition) is 2. The highest BCUT2D eigenvalue weighted by Gasteiger charge is 2.22. The molecule has 9 heteroatoms. The van der Waals surface area contributed by atoms with Crippen molar-refractivity contribution in [3.8, 4) is 11.5 Å². The van der Waals surface area contributed by atoms with Gasteiger partial charge in [-0.15, -0.1) is 12.4 Å². The molecule has 0 aliphatic carbocycles. The first-order valence-corrected chi connectivity index (χ1v) is 10.6. The third kappa shape index (κ3) is 4.29. The predicted octanol–water partition coefficient (Wildman–Crippen LogP) is 2.44. The minimum Gasteiger partial charge on any atom is -0.507 e. The molecule has 2 aromatic carbocycles. The van der Waals surface area contributed by atoms with Crippen molar-refractivity contribution in [1.82, 2.24) is 9.80 Å². The number of benzene rings is 2. The maximum Gasteiger partial charge on any atom is 0.200 e. The summed E-state index contributed by atoms with van der Waals surface area (Å²) in [6.07, 6.45) is 0. The van der Waals surface area contributed by atoms with Gasteiger partial charge < -0.3 is 24.1 Å². The predicted molar refractivity (Wildman–Crippen MR) is 123 cm³/mol. The van der Waals surface area contributed by atoms with Crippen molar-refractivity contribution >= 4 is 34.3 Å². The fourth-order valence-corrected chi connectivity index (χ4v) is 4.34. The SMILES string of the molecule is Cl.O=c1c2ccc(O)c(CN3CCOCC3)c2oc2c(CN3CCOCC3)c(O)ccc12. The molecule has 0 atom stereocenters. The second-order valence-corrected chi connectivity index (χ2v) is 8.09. The molecule has 8 nitrogen and oxygen atoms in total. The number of ether oxygens (including phenoxy) is 2. The molecule has 2 fully saturated rings. The van der Waals surface area contributed by atoms with E-state index in [2.05, 4.69) is 9.80 Å². The number of aromatic hydroxyl groups is 2.